The molecule has 0 saturated carbocycles. The van der Waals surface area contributed by atoms with Gasteiger partial charge in [0.25, 0.3) is 0 Å². The lowest BCUT2D eigenvalue weighted by atomic mass is 9.87. The highest BCUT2D eigenvalue weighted by atomic mass is 16.5. The molecule has 0 saturated heterocycles. The monoisotopic (exact) mass is 285 g/mol. The van der Waals surface area contributed by atoms with Crippen molar-refractivity contribution in [2.75, 3.05) is 7.11 Å². The molecule has 4 heteroatoms. The highest BCUT2D eigenvalue weighted by molar-refractivity contribution is 5.87. The topological polar surface area (TPSA) is 51.5 Å². The average molecular weight is 285 g/mol. The van der Waals surface area contributed by atoms with Crippen LogP contribution in [0.1, 0.15) is 46.1 Å². The van der Waals surface area contributed by atoms with Crippen molar-refractivity contribution in [2.24, 2.45) is 0 Å². The number of ether oxygens (including phenoxy) is 1. The van der Waals surface area contributed by atoms with Gasteiger partial charge in [0.2, 0.25) is 5.76 Å². The Balaban J connectivity index is 1.72. The van der Waals surface area contributed by atoms with Crippen LogP contribution >= 0.6 is 0 Å². The second-order valence-electron chi connectivity index (χ2n) is 5.29. The molecule has 1 aromatic carbocycles. The van der Waals surface area contributed by atoms with E-state index >= 15 is 0 Å². The highest BCUT2D eigenvalue weighted by Gasteiger charge is 2.21. The van der Waals surface area contributed by atoms with Crippen LogP contribution in [0.2, 0.25) is 0 Å². The summed E-state index contributed by atoms with van der Waals surface area (Å²) in [6.45, 7) is 0.597. The normalized spacial score (nSPS) is 17.3. The lowest BCUT2D eigenvalue weighted by molar-refractivity contribution is 0.0563. The lowest BCUT2D eigenvalue weighted by Gasteiger charge is -2.26. The number of benzene rings is 1. The number of hydrogen-bond acceptors (Lipinski definition) is 4. The number of carbonyl (C=O) groups is 1. The fourth-order valence-corrected chi connectivity index (χ4v) is 2.95. The van der Waals surface area contributed by atoms with E-state index in [1.165, 1.54) is 30.9 Å². The number of esters is 1. The van der Waals surface area contributed by atoms with Gasteiger partial charge in [-0.15, -0.1) is 0 Å². The van der Waals surface area contributed by atoms with Crippen LogP contribution in [-0.2, 0) is 17.7 Å². The number of rotatable bonds is 4. The smallest absolute Gasteiger partial charge is 0.374 e. The van der Waals surface area contributed by atoms with Crippen LogP contribution < -0.4 is 5.32 Å². The molecule has 1 N–H and O–H groups in total. The van der Waals surface area contributed by atoms with E-state index in [0.29, 0.717) is 12.6 Å². The molecule has 1 atom stereocenters. The standard InChI is InChI=1S/C17H19NO3/c1-20-17(19)16-13(9-10-21-16)11-18-15-8-4-6-12-5-2-3-7-14(12)15/h2-3,5,7,9-10,15,18H,4,6,8,11H2,1H3. The largest absolute Gasteiger partial charge is 0.463 e. The van der Waals surface area contributed by atoms with Gasteiger partial charge in [0.15, 0.2) is 0 Å². The number of methoxy groups -OCH3 is 1. The van der Waals surface area contributed by atoms with Crippen molar-refractivity contribution in [3.05, 3.63) is 59.0 Å². The predicted octanol–water partition coefficient (Wildman–Crippen LogP) is 3.23. The van der Waals surface area contributed by atoms with E-state index < -0.39 is 5.97 Å². The third kappa shape index (κ3) is 2.85. The molecule has 1 aliphatic rings. The minimum atomic E-state index is -0.430. The van der Waals surface area contributed by atoms with E-state index in [-0.39, 0.29) is 5.76 Å². The Morgan fingerprint density at radius 1 is 1.38 bits per heavy atom. The summed E-state index contributed by atoms with van der Waals surface area (Å²) in [6, 6.07) is 10.7. The van der Waals surface area contributed by atoms with Gasteiger partial charge in [0.05, 0.1) is 13.4 Å². The molecule has 1 unspecified atom stereocenters. The Morgan fingerprint density at radius 3 is 3.10 bits per heavy atom. The molecule has 3 rings (SSSR count). The zero-order valence-corrected chi connectivity index (χ0v) is 12.1. The second kappa shape index (κ2) is 6.14. The fourth-order valence-electron chi connectivity index (χ4n) is 2.95. The van der Waals surface area contributed by atoms with Crippen molar-refractivity contribution in [2.45, 2.75) is 31.8 Å². The molecule has 0 amide bonds. The number of furan rings is 1. The summed E-state index contributed by atoms with van der Waals surface area (Å²) in [5, 5.41) is 3.53. The Bertz CT molecular complexity index is 632. The second-order valence-corrected chi connectivity index (χ2v) is 5.29. The van der Waals surface area contributed by atoms with Crippen molar-refractivity contribution < 1.29 is 13.9 Å². The molecule has 0 spiro atoms. The molecule has 21 heavy (non-hydrogen) atoms. The van der Waals surface area contributed by atoms with Crippen LogP contribution in [0.5, 0.6) is 0 Å². The Morgan fingerprint density at radius 2 is 2.24 bits per heavy atom. The van der Waals surface area contributed by atoms with Crippen LogP contribution in [-0.4, -0.2) is 13.1 Å². The Labute approximate surface area is 124 Å². The summed E-state index contributed by atoms with van der Waals surface area (Å²) in [5.74, 6) is -0.144. The minimum Gasteiger partial charge on any atom is -0.463 e. The Kier molecular flexibility index (Phi) is 4.06. The molecule has 1 heterocycles. The van der Waals surface area contributed by atoms with Gasteiger partial charge < -0.3 is 14.5 Å². The van der Waals surface area contributed by atoms with E-state index in [2.05, 4.69) is 29.6 Å². The molecule has 0 radical (unpaired) electrons. The van der Waals surface area contributed by atoms with Crippen LogP contribution in [0.15, 0.2) is 41.0 Å². The third-order valence-electron chi connectivity index (χ3n) is 4.03. The van der Waals surface area contributed by atoms with E-state index in [1.54, 1.807) is 0 Å². The van der Waals surface area contributed by atoms with Gasteiger partial charge in [-0.25, -0.2) is 4.79 Å². The summed E-state index contributed by atoms with van der Waals surface area (Å²) >= 11 is 0. The first kappa shape index (κ1) is 13.9. The van der Waals surface area contributed by atoms with Gasteiger partial charge in [-0.05, 0) is 36.5 Å². The number of fused-ring (bicyclic) bond motifs is 1. The predicted molar refractivity (Wildman–Crippen MR) is 79.0 cm³/mol. The summed E-state index contributed by atoms with van der Waals surface area (Å²) < 4.78 is 9.93. The van der Waals surface area contributed by atoms with Crippen LogP contribution in [0.25, 0.3) is 0 Å². The van der Waals surface area contributed by atoms with Gasteiger partial charge in [-0.3, -0.25) is 0 Å². The maximum Gasteiger partial charge on any atom is 0.374 e. The zero-order valence-electron chi connectivity index (χ0n) is 12.1. The van der Waals surface area contributed by atoms with Crippen molar-refractivity contribution in [3.63, 3.8) is 0 Å². The molecular weight excluding hydrogens is 266 g/mol. The SMILES string of the molecule is COC(=O)c1occc1CNC1CCCc2ccccc21. The van der Waals surface area contributed by atoms with Crippen molar-refractivity contribution in [1.29, 1.82) is 0 Å². The van der Waals surface area contributed by atoms with E-state index in [1.807, 2.05) is 6.07 Å². The molecule has 4 nitrogen and oxygen atoms in total. The first-order chi connectivity index (χ1) is 10.3. The number of nitrogens with one attached hydrogen (secondary N) is 1. The number of hydrogen-bond donors (Lipinski definition) is 1. The van der Waals surface area contributed by atoms with Crippen LogP contribution in [0, 0.1) is 0 Å². The number of carbonyl (C=O) groups excluding carboxylic acids is 1. The van der Waals surface area contributed by atoms with Gasteiger partial charge in [0, 0.05) is 18.2 Å². The van der Waals surface area contributed by atoms with Gasteiger partial charge in [0.1, 0.15) is 0 Å². The zero-order chi connectivity index (χ0) is 14.7. The summed E-state index contributed by atoms with van der Waals surface area (Å²) in [6.07, 6.45) is 4.97. The van der Waals surface area contributed by atoms with E-state index in [0.717, 1.165) is 18.4 Å². The fraction of sp³-hybridized carbons (Fsp3) is 0.353. The minimum absolute atomic E-state index is 0.286. The summed E-state index contributed by atoms with van der Waals surface area (Å²) in [4.78, 5) is 11.6. The number of aryl methyl sites for hydroxylation is 1. The Hall–Kier alpha value is -2.07. The van der Waals surface area contributed by atoms with Crippen molar-refractivity contribution in [1.82, 2.24) is 5.32 Å². The first-order valence-corrected chi connectivity index (χ1v) is 7.25. The third-order valence-corrected chi connectivity index (χ3v) is 4.03. The van der Waals surface area contributed by atoms with Gasteiger partial charge >= 0.3 is 5.97 Å². The van der Waals surface area contributed by atoms with E-state index in [9.17, 15) is 4.79 Å². The lowest BCUT2D eigenvalue weighted by Crippen LogP contribution is -2.25. The molecular formula is C17H19NO3. The van der Waals surface area contributed by atoms with E-state index in [4.69, 9.17) is 9.15 Å². The average Bonchev–Trinajstić information content (AvgIpc) is 3.00. The summed E-state index contributed by atoms with van der Waals surface area (Å²) in [7, 11) is 1.36. The molecule has 0 fully saturated rings. The first-order valence-electron chi connectivity index (χ1n) is 7.25. The quantitative estimate of drug-likeness (QED) is 0.876. The molecule has 0 bridgehead atoms. The maximum absolute atomic E-state index is 11.6. The maximum atomic E-state index is 11.6. The van der Waals surface area contributed by atoms with Crippen molar-refractivity contribution in [3.8, 4) is 0 Å². The van der Waals surface area contributed by atoms with Crippen LogP contribution in [0.4, 0.5) is 0 Å². The molecule has 1 aromatic heterocycles. The molecule has 1 aliphatic carbocycles. The molecule has 110 valence electrons. The van der Waals surface area contributed by atoms with Gasteiger partial charge in [-0.2, -0.15) is 0 Å². The molecule has 2 aromatic rings. The summed E-state index contributed by atoms with van der Waals surface area (Å²) in [5.41, 5.74) is 3.62. The van der Waals surface area contributed by atoms with Crippen molar-refractivity contribution >= 4 is 5.97 Å². The highest BCUT2D eigenvalue weighted by Crippen LogP contribution is 2.29. The van der Waals surface area contributed by atoms with Crippen LogP contribution in [0.3, 0.4) is 0 Å². The van der Waals surface area contributed by atoms with Gasteiger partial charge in [-0.1, -0.05) is 24.3 Å². The molecule has 0 aliphatic heterocycles.